The van der Waals surface area contributed by atoms with Crippen LogP contribution in [0.1, 0.15) is 50.2 Å². The third-order valence-electron chi connectivity index (χ3n) is 4.36. The van der Waals surface area contributed by atoms with Gasteiger partial charge in [0.2, 0.25) is 5.91 Å². The number of fused-ring (bicyclic) bond motifs is 1. The Morgan fingerprint density at radius 2 is 2.10 bits per heavy atom. The number of hydrogen-bond donors (Lipinski definition) is 2. The topological polar surface area (TPSA) is 55.1 Å². The molecule has 0 fully saturated rings. The lowest BCUT2D eigenvalue weighted by atomic mass is 9.77. The van der Waals surface area contributed by atoms with Crippen LogP contribution in [-0.2, 0) is 11.2 Å². The van der Waals surface area contributed by atoms with Crippen LogP contribution in [0.2, 0.25) is 0 Å². The summed E-state index contributed by atoms with van der Waals surface area (Å²) in [6.07, 6.45) is 3.56. The van der Waals surface area contributed by atoms with Gasteiger partial charge in [0, 0.05) is 18.9 Å². The van der Waals surface area contributed by atoms with Gasteiger partial charge in [-0.2, -0.15) is 0 Å². The molecule has 0 bridgehead atoms. The van der Waals surface area contributed by atoms with E-state index in [2.05, 4.69) is 43.4 Å². The first-order valence-electron chi connectivity index (χ1n) is 7.56. The van der Waals surface area contributed by atoms with Crippen molar-refractivity contribution < 1.29 is 4.79 Å². The van der Waals surface area contributed by atoms with Crippen LogP contribution in [0.25, 0.3) is 0 Å². The van der Waals surface area contributed by atoms with Crippen molar-refractivity contribution in [2.24, 2.45) is 11.1 Å². The van der Waals surface area contributed by atoms with Crippen molar-refractivity contribution in [1.29, 1.82) is 0 Å². The third kappa shape index (κ3) is 3.83. The number of carbonyl (C=O) groups excluding carboxylic acids is 1. The number of nitrogens with two attached hydrogens (primary N) is 1. The Morgan fingerprint density at radius 3 is 2.80 bits per heavy atom. The van der Waals surface area contributed by atoms with Crippen LogP contribution < -0.4 is 11.1 Å². The monoisotopic (exact) mass is 274 g/mol. The summed E-state index contributed by atoms with van der Waals surface area (Å²) in [5.74, 6) is 0.673. The first-order valence-corrected chi connectivity index (χ1v) is 7.56. The molecule has 1 aliphatic rings. The molecule has 0 aliphatic heterocycles. The van der Waals surface area contributed by atoms with Crippen LogP contribution in [0.5, 0.6) is 0 Å². The lowest BCUT2D eigenvalue weighted by Gasteiger charge is -2.30. The Balaban J connectivity index is 1.69. The van der Waals surface area contributed by atoms with Crippen LogP contribution in [0.15, 0.2) is 24.3 Å². The van der Waals surface area contributed by atoms with Crippen molar-refractivity contribution >= 4 is 5.91 Å². The summed E-state index contributed by atoms with van der Waals surface area (Å²) < 4.78 is 0. The van der Waals surface area contributed by atoms with E-state index in [0.29, 0.717) is 18.9 Å². The summed E-state index contributed by atoms with van der Waals surface area (Å²) in [4.78, 5) is 11.9. The molecular weight excluding hydrogens is 248 g/mol. The minimum atomic E-state index is 0.162. The maximum absolute atomic E-state index is 11.9. The fraction of sp³-hybridized carbons (Fsp3) is 0.588. The van der Waals surface area contributed by atoms with Gasteiger partial charge in [-0.15, -0.1) is 0 Å². The largest absolute Gasteiger partial charge is 0.355 e. The predicted octanol–water partition coefficient (Wildman–Crippen LogP) is 2.60. The third-order valence-corrected chi connectivity index (χ3v) is 4.36. The number of amides is 1. The maximum Gasteiger partial charge on any atom is 0.220 e. The average Bonchev–Trinajstić information content (AvgIpc) is 2.37. The zero-order chi connectivity index (χ0) is 14.6. The molecule has 1 aromatic rings. The van der Waals surface area contributed by atoms with Gasteiger partial charge in [0.1, 0.15) is 0 Å². The summed E-state index contributed by atoms with van der Waals surface area (Å²) in [7, 11) is 0. The van der Waals surface area contributed by atoms with Gasteiger partial charge in [0.25, 0.3) is 0 Å². The first kappa shape index (κ1) is 15.0. The highest BCUT2D eigenvalue weighted by Crippen LogP contribution is 2.34. The molecule has 3 heteroatoms. The summed E-state index contributed by atoms with van der Waals surface area (Å²) in [5.41, 5.74) is 8.58. The van der Waals surface area contributed by atoms with E-state index in [-0.39, 0.29) is 11.3 Å². The van der Waals surface area contributed by atoms with Crippen molar-refractivity contribution in [2.75, 3.05) is 13.1 Å². The highest BCUT2D eigenvalue weighted by Gasteiger charge is 2.25. The van der Waals surface area contributed by atoms with E-state index in [1.807, 2.05) is 0 Å². The second-order valence-corrected chi connectivity index (χ2v) is 6.61. The van der Waals surface area contributed by atoms with E-state index in [1.165, 1.54) is 11.1 Å². The molecular formula is C17H26N2O. The van der Waals surface area contributed by atoms with Crippen molar-refractivity contribution in [1.82, 2.24) is 5.32 Å². The number of carbonyl (C=O) groups is 1. The molecule has 0 saturated heterocycles. The molecule has 1 aromatic carbocycles. The molecule has 1 unspecified atom stereocenters. The van der Waals surface area contributed by atoms with Gasteiger partial charge >= 0.3 is 0 Å². The highest BCUT2D eigenvalue weighted by atomic mass is 16.1. The molecule has 0 saturated carbocycles. The summed E-state index contributed by atoms with van der Waals surface area (Å²) in [6.45, 7) is 5.81. The fourth-order valence-electron chi connectivity index (χ4n) is 2.84. The van der Waals surface area contributed by atoms with Gasteiger partial charge in [-0.1, -0.05) is 38.1 Å². The lowest BCUT2D eigenvalue weighted by Crippen LogP contribution is -2.33. The number of benzene rings is 1. The maximum atomic E-state index is 11.9. The Bertz CT molecular complexity index is 468. The normalized spacial score (nSPS) is 17.2. The van der Waals surface area contributed by atoms with E-state index in [9.17, 15) is 4.79 Å². The van der Waals surface area contributed by atoms with E-state index in [4.69, 9.17) is 5.73 Å². The van der Waals surface area contributed by atoms with Gasteiger partial charge < -0.3 is 11.1 Å². The Morgan fingerprint density at radius 1 is 1.35 bits per heavy atom. The number of rotatable bonds is 7. The summed E-state index contributed by atoms with van der Waals surface area (Å²) in [6, 6.07) is 8.48. The van der Waals surface area contributed by atoms with Crippen LogP contribution in [0, 0.1) is 5.41 Å². The van der Waals surface area contributed by atoms with Gasteiger partial charge in [-0.05, 0) is 42.3 Å². The average molecular weight is 274 g/mol. The first-order chi connectivity index (χ1) is 9.52. The molecule has 20 heavy (non-hydrogen) atoms. The molecule has 2 rings (SSSR count). The highest BCUT2D eigenvalue weighted by molar-refractivity contribution is 5.76. The summed E-state index contributed by atoms with van der Waals surface area (Å²) >= 11 is 0. The number of hydrogen-bond acceptors (Lipinski definition) is 2. The Labute approximate surface area is 121 Å². The van der Waals surface area contributed by atoms with Crippen LogP contribution in [-0.4, -0.2) is 19.0 Å². The van der Waals surface area contributed by atoms with E-state index < -0.39 is 0 Å². The second kappa shape index (κ2) is 6.40. The fourth-order valence-corrected chi connectivity index (χ4v) is 2.84. The van der Waals surface area contributed by atoms with Crippen LogP contribution in [0.3, 0.4) is 0 Å². The summed E-state index contributed by atoms with van der Waals surface area (Å²) in [5, 5.41) is 3.07. The Hall–Kier alpha value is -1.35. The lowest BCUT2D eigenvalue weighted by molar-refractivity contribution is -0.121. The molecule has 1 atom stereocenters. The van der Waals surface area contributed by atoms with Crippen molar-refractivity contribution in [3.63, 3.8) is 0 Å². The van der Waals surface area contributed by atoms with Crippen molar-refractivity contribution in [2.45, 2.75) is 45.4 Å². The molecule has 1 aliphatic carbocycles. The van der Waals surface area contributed by atoms with Crippen molar-refractivity contribution in [3.05, 3.63) is 35.4 Å². The SMILES string of the molecule is CC(C)(CCN)CCC(=O)NCC1Cc2ccccc21. The van der Waals surface area contributed by atoms with Crippen LogP contribution >= 0.6 is 0 Å². The zero-order valence-electron chi connectivity index (χ0n) is 12.6. The van der Waals surface area contributed by atoms with E-state index in [1.54, 1.807) is 0 Å². The molecule has 0 heterocycles. The number of nitrogens with one attached hydrogen (secondary N) is 1. The smallest absolute Gasteiger partial charge is 0.220 e. The van der Waals surface area contributed by atoms with Crippen molar-refractivity contribution in [3.8, 4) is 0 Å². The van der Waals surface area contributed by atoms with Gasteiger partial charge in [-0.3, -0.25) is 4.79 Å². The molecule has 3 nitrogen and oxygen atoms in total. The molecule has 1 amide bonds. The molecule has 3 N–H and O–H groups in total. The second-order valence-electron chi connectivity index (χ2n) is 6.61. The van der Waals surface area contributed by atoms with Crippen LogP contribution in [0.4, 0.5) is 0 Å². The predicted molar refractivity (Wildman–Crippen MR) is 82.6 cm³/mol. The van der Waals surface area contributed by atoms with Gasteiger partial charge in [-0.25, -0.2) is 0 Å². The zero-order valence-corrected chi connectivity index (χ0v) is 12.6. The molecule has 0 aromatic heterocycles. The quantitative estimate of drug-likeness (QED) is 0.803. The molecule has 0 radical (unpaired) electrons. The molecule has 110 valence electrons. The van der Waals surface area contributed by atoms with E-state index >= 15 is 0 Å². The Kier molecular flexibility index (Phi) is 4.81. The molecule has 0 spiro atoms. The van der Waals surface area contributed by atoms with Gasteiger partial charge in [0.05, 0.1) is 0 Å². The van der Waals surface area contributed by atoms with E-state index in [0.717, 1.165) is 25.8 Å². The van der Waals surface area contributed by atoms with Gasteiger partial charge in [0.15, 0.2) is 0 Å². The standard InChI is InChI=1S/C17H26N2O/c1-17(2,9-10-18)8-7-16(20)19-12-14-11-13-5-3-4-6-15(13)14/h3-6,14H,7-12,18H2,1-2H3,(H,19,20). The minimum Gasteiger partial charge on any atom is -0.355 e. The minimum absolute atomic E-state index is 0.162.